The number of para-hydroxylation sites is 3. The van der Waals surface area contributed by atoms with Gasteiger partial charge in [0.25, 0.3) is 0 Å². The normalized spacial score (nSPS) is 11.6. The average Bonchev–Trinajstić information content (AvgIpc) is 3.74. The van der Waals surface area contributed by atoms with Gasteiger partial charge >= 0.3 is 0 Å². The van der Waals surface area contributed by atoms with Gasteiger partial charge in [0.1, 0.15) is 11.2 Å². The summed E-state index contributed by atoms with van der Waals surface area (Å²) in [5.41, 5.74) is 10.0. The molecule has 0 fully saturated rings. The fourth-order valence-electron chi connectivity index (χ4n) is 7.10. The van der Waals surface area contributed by atoms with Crippen molar-refractivity contribution >= 4 is 43.7 Å². The highest BCUT2D eigenvalue weighted by atomic mass is 16.3. The van der Waals surface area contributed by atoms with Gasteiger partial charge < -0.3 is 8.98 Å². The fourth-order valence-corrected chi connectivity index (χ4v) is 7.10. The van der Waals surface area contributed by atoms with E-state index in [1.54, 1.807) is 0 Å². The summed E-state index contributed by atoms with van der Waals surface area (Å²) in [5.74, 6) is 1.86. The van der Waals surface area contributed by atoms with Crippen LogP contribution in [0.3, 0.4) is 0 Å². The predicted molar refractivity (Wildman–Crippen MR) is 203 cm³/mol. The average molecular weight is 641 g/mol. The van der Waals surface area contributed by atoms with E-state index >= 15 is 0 Å². The van der Waals surface area contributed by atoms with Crippen molar-refractivity contribution in [3.63, 3.8) is 0 Å². The number of hydrogen-bond acceptors (Lipinski definition) is 4. The Kier molecular flexibility index (Phi) is 6.42. The third-order valence-corrected chi connectivity index (χ3v) is 9.45. The maximum Gasteiger partial charge on any atom is 0.164 e. The van der Waals surface area contributed by atoms with E-state index in [1.165, 1.54) is 21.8 Å². The lowest BCUT2D eigenvalue weighted by atomic mass is 10.00. The molecule has 0 N–H and O–H groups in total. The first-order valence-electron chi connectivity index (χ1n) is 16.7. The van der Waals surface area contributed by atoms with Gasteiger partial charge in [-0.2, -0.15) is 0 Å². The molecule has 0 bridgehead atoms. The molecule has 5 nitrogen and oxygen atoms in total. The van der Waals surface area contributed by atoms with Gasteiger partial charge in [-0.1, -0.05) is 127 Å². The van der Waals surface area contributed by atoms with Crippen LogP contribution in [-0.4, -0.2) is 19.5 Å². The second-order valence-corrected chi connectivity index (χ2v) is 12.5. The van der Waals surface area contributed by atoms with Gasteiger partial charge in [0.2, 0.25) is 0 Å². The van der Waals surface area contributed by atoms with Crippen molar-refractivity contribution in [2.75, 3.05) is 0 Å². The molecule has 10 rings (SSSR count). The smallest absolute Gasteiger partial charge is 0.164 e. The molecule has 0 radical (unpaired) electrons. The van der Waals surface area contributed by atoms with E-state index in [0.717, 1.165) is 55.4 Å². The Bertz CT molecular complexity index is 2800. The molecule has 0 aliphatic rings. The lowest BCUT2D eigenvalue weighted by Gasteiger charge is -2.08. The molecule has 0 unspecified atom stereocenters. The third-order valence-electron chi connectivity index (χ3n) is 9.45. The lowest BCUT2D eigenvalue weighted by molar-refractivity contribution is 0.670. The minimum Gasteiger partial charge on any atom is -0.455 e. The minimum absolute atomic E-state index is 0.598. The summed E-state index contributed by atoms with van der Waals surface area (Å²) in [6.07, 6.45) is 0. The van der Waals surface area contributed by atoms with E-state index in [4.69, 9.17) is 19.4 Å². The lowest BCUT2D eigenvalue weighted by Crippen LogP contribution is -2.00. The maximum atomic E-state index is 6.73. The van der Waals surface area contributed by atoms with Crippen LogP contribution in [0.15, 0.2) is 174 Å². The van der Waals surface area contributed by atoms with Gasteiger partial charge in [-0.15, -0.1) is 0 Å². The molecule has 3 heterocycles. The third kappa shape index (κ3) is 4.60. The van der Waals surface area contributed by atoms with E-state index in [9.17, 15) is 0 Å². The van der Waals surface area contributed by atoms with E-state index in [2.05, 4.69) is 114 Å². The first-order valence-corrected chi connectivity index (χ1v) is 16.7. The Hall–Kier alpha value is -6.85. The van der Waals surface area contributed by atoms with E-state index in [1.807, 2.05) is 60.7 Å². The highest BCUT2D eigenvalue weighted by Crippen LogP contribution is 2.40. The molecule has 0 saturated heterocycles. The van der Waals surface area contributed by atoms with Gasteiger partial charge in [0.15, 0.2) is 17.5 Å². The first kappa shape index (κ1) is 28.2. The molecule has 234 valence electrons. The number of fused-ring (bicyclic) bond motifs is 6. The number of aromatic nitrogens is 4. The Morgan fingerprint density at radius 1 is 0.380 bits per heavy atom. The van der Waals surface area contributed by atoms with Crippen molar-refractivity contribution in [2.45, 2.75) is 0 Å². The Morgan fingerprint density at radius 2 is 0.960 bits per heavy atom. The summed E-state index contributed by atoms with van der Waals surface area (Å²) in [6, 6.07) is 58.6. The number of nitrogens with zero attached hydrogens (tertiary/aromatic N) is 4. The fraction of sp³-hybridized carbons (Fsp3) is 0. The second kappa shape index (κ2) is 11.4. The van der Waals surface area contributed by atoms with Crippen LogP contribution in [0.1, 0.15) is 0 Å². The largest absolute Gasteiger partial charge is 0.455 e. The quantitative estimate of drug-likeness (QED) is 0.188. The molecule has 0 aliphatic carbocycles. The van der Waals surface area contributed by atoms with Crippen molar-refractivity contribution < 1.29 is 4.42 Å². The van der Waals surface area contributed by atoms with E-state index < -0.39 is 0 Å². The molecule has 5 heteroatoms. The zero-order valence-electron chi connectivity index (χ0n) is 26.9. The predicted octanol–water partition coefficient (Wildman–Crippen LogP) is 11.5. The molecule has 50 heavy (non-hydrogen) atoms. The van der Waals surface area contributed by atoms with Gasteiger partial charge in [0, 0.05) is 49.5 Å². The van der Waals surface area contributed by atoms with Crippen LogP contribution in [0.5, 0.6) is 0 Å². The van der Waals surface area contributed by atoms with Crippen LogP contribution in [0.2, 0.25) is 0 Å². The van der Waals surface area contributed by atoms with Crippen molar-refractivity contribution in [3.05, 3.63) is 170 Å². The molecule has 7 aromatic carbocycles. The van der Waals surface area contributed by atoms with Crippen LogP contribution in [-0.2, 0) is 0 Å². The number of furan rings is 1. The number of benzene rings is 7. The van der Waals surface area contributed by atoms with Gasteiger partial charge in [-0.05, 0) is 48.0 Å². The van der Waals surface area contributed by atoms with Crippen molar-refractivity contribution in [2.24, 2.45) is 0 Å². The van der Waals surface area contributed by atoms with Gasteiger partial charge in [-0.3, -0.25) is 0 Å². The molecule has 10 aromatic rings. The Morgan fingerprint density at radius 3 is 1.68 bits per heavy atom. The molecule has 0 spiro atoms. The summed E-state index contributed by atoms with van der Waals surface area (Å²) in [4.78, 5) is 14.7. The van der Waals surface area contributed by atoms with Crippen LogP contribution < -0.4 is 0 Å². The van der Waals surface area contributed by atoms with Crippen molar-refractivity contribution in [1.82, 2.24) is 19.5 Å². The molecule has 0 amide bonds. The van der Waals surface area contributed by atoms with E-state index in [-0.39, 0.29) is 0 Å². The molecule has 0 aliphatic heterocycles. The highest BCUT2D eigenvalue weighted by Gasteiger charge is 2.18. The Balaban J connectivity index is 1.12. The molecular formula is C45H28N4O. The zero-order valence-corrected chi connectivity index (χ0v) is 26.9. The summed E-state index contributed by atoms with van der Waals surface area (Å²) >= 11 is 0. The zero-order chi connectivity index (χ0) is 33.0. The van der Waals surface area contributed by atoms with E-state index in [0.29, 0.717) is 17.5 Å². The Labute approximate surface area is 287 Å². The van der Waals surface area contributed by atoms with Crippen molar-refractivity contribution in [3.8, 4) is 51.0 Å². The second-order valence-electron chi connectivity index (χ2n) is 12.5. The van der Waals surface area contributed by atoms with Crippen LogP contribution in [0, 0.1) is 0 Å². The minimum atomic E-state index is 0.598. The first-order chi connectivity index (χ1) is 24.8. The molecule has 0 saturated carbocycles. The summed E-state index contributed by atoms with van der Waals surface area (Å²) in [6.45, 7) is 0. The SMILES string of the molecule is c1ccc(-c2nc(-c3ccccc3)nc(-c3ccc4c(c3)oc3c(-c5ccc6c(c5)c5ccccc5n6-c5ccccc5)cccc34)n2)cc1. The topological polar surface area (TPSA) is 56.7 Å². The highest BCUT2D eigenvalue weighted by molar-refractivity contribution is 6.13. The van der Waals surface area contributed by atoms with Gasteiger partial charge in [-0.25, -0.2) is 15.0 Å². The van der Waals surface area contributed by atoms with Crippen LogP contribution >= 0.6 is 0 Å². The molecule has 0 atom stereocenters. The van der Waals surface area contributed by atoms with Crippen molar-refractivity contribution in [1.29, 1.82) is 0 Å². The summed E-state index contributed by atoms with van der Waals surface area (Å²) in [5, 5.41) is 4.54. The standard InChI is InChI=1S/C45H28N4O/c1-4-13-29(14-5-1)43-46-44(30-15-6-2-7-16-30)48-45(47-43)32-23-25-36-37-21-12-20-34(42(37)50-41(36)28-32)31-24-26-40-38(27-31)35-19-10-11-22-39(35)49(40)33-17-8-3-9-18-33/h1-28H. The monoisotopic (exact) mass is 640 g/mol. The number of hydrogen-bond donors (Lipinski definition) is 0. The van der Waals surface area contributed by atoms with Crippen LogP contribution in [0.25, 0.3) is 94.7 Å². The molecular weight excluding hydrogens is 613 g/mol. The maximum absolute atomic E-state index is 6.73. The molecule has 3 aromatic heterocycles. The number of rotatable bonds is 5. The van der Waals surface area contributed by atoms with Crippen LogP contribution in [0.4, 0.5) is 0 Å². The summed E-state index contributed by atoms with van der Waals surface area (Å²) in [7, 11) is 0. The summed E-state index contributed by atoms with van der Waals surface area (Å²) < 4.78 is 9.07. The van der Waals surface area contributed by atoms with Gasteiger partial charge in [0.05, 0.1) is 11.0 Å².